The average molecular weight is 334 g/mol. The number of carbonyl (C=O) groups excluding carboxylic acids is 1. The van der Waals surface area contributed by atoms with E-state index in [0.29, 0.717) is 13.1 Å². The van der Waals surface area contributed by atoms with Crippen LogP contribution < -0.4 is 5.32 Å². The van der Waals surface area contributed by atoms with Gasteiger partial charge in [0.15, 0.2) is 0 Å². The molecule has 6 heteroatoms. The molecule has 1 saturated heterocycles. The first-order valence-electron chi connectivity index (χ1n) is 8.53. The minimum Gasteiger partial charge on any atom is -0.390 e. The van der Waals surface area contributed by atoms with Crippen molar-refractivity contribution in [3.8, 4) is 0 Å². The molecule has 1 aliphatic heterocycles. The topological polar surface area (TPSA) is 59.1 Å². The summed E-state index contributed by atoms with van der Waals surface area (Å²) in [6, 6.07) is 5.65. The van der Waals surface area contributed by atoms with E-state index in [-0.39, 0.29) is 6.03 Å². The molecule has 0 bridgehead atoms. The van der Waals surface area contributed by atoms with Gasteiger partial charge in [0.2, 0.25) is 0 Å². The molecule has 2 N–H and O–H groups in total. The van der Waals surface area contributed by atoms with Crippen LogP contribution in [0, 0.1) is 13.8 Å². The van der Waals surface area contributed by atoms with E-state index in [0.717, 1.165) is 37.4 Å². The Hall–Kier alpha value is -1.63. The van der Waals surface area contributed by atoms with Crippen LogP contribution in [-0.4, -0.2) is 85.3 Å². The highest BCUT2D eigenvalue weighted by Crippen LogP contribution is 2.14. The standard InChI is InChI=1S/C18H30N4O2/c1-14-5-6-16(11-15(14)2)19-18(24)21(4)12-17(23)13-22-9-7-20(3)8-10-22/h5-6,11,17,23H,7-10,12-13H2,1-4H3,(H,19,24)/t17-/m1/s1. The largest absolute Gasteiger partial charge is 0.390 e. The van der Waals surface area contributed by atoms with Crippen molar-refractivity contribution in [1.82, 2.24) is 14.7 Å². The van der Waals surface area contributed by atoms with Gasteiger partial charge in [0.05, 0.1) is 6.10 Å². The van der Waals surface area contributed by atoms with Crippen molar-refractivity contribution in [2.45, 2.75) is 20.0 Å². The zero-order valence-corrected chi connectivity index (χ0v) is 15.2. The molecule has 0 radical (unpaired) electrons. The molecule has 0 aromatic heterocycles. The third-order valence-electron chi connectivity index (χ3n) is 4.65. The monoisotopic (exact) mass is 334 g/mol. The zero-order valence-electron chi connectivity index (χ0n) is 15.2. The second-order valence-electron chi connectivity index (χ2n) is 6.87. The predicted molar refractivity (Wildman–Crippen MR) is 97.5 cm³/mol. The highest BCUT2D eigenvalue weighted by Gasteiger charge is 2.19. The van der Waals surface area contributed by atoms with Crippen LogP contribution in [0.2, 0.25) is 0 Å². The molecule has 1 atom stereocenters. The predicted octanol–water partition coefficient (Wildman–Crippen LogP) is 1.38. The number of piperazine rings is 1. The fourth-order valence-corrected chi connectivity index (χ4v) is 2.82. The number of anilines is 1. The molecule has 2 rings (SSSR count). The van der Waals surface area contributed by atoms with Gasteiger partial charge in [-0.25, -0.2) is 4.79 Å². The summed E-state index contributed by atoms with van der Waals surface area (Å²) in [5.41, 5.74) is 3.12. The maximum atomic E-state index is 12.3. The lowest BCUT2D eigenvalue weighted by Crippen LogP contribution is -2.49. The Kier molecular flexibility index (Phi) is 6.60. The Morgan fingerprint density at radius 1 is 1.25 bits per heavy atom. The van der Waals surface area contributed by atoms with Gasteiger partial charge >= 0.3 is 6.03 Å². The Labute approximate surface area is 145 Å². The van der Waals surface area contributed by atoms with Gasteiger partial charge in [-0.3, -0.25) is 4.90 Å². The molecule has 134 valence electrons. The number of nitrogens with one attached hydrogen (secondary N) is 1. The number of aliphatic hydroxyl groups excluding tert-OH is 1. The van der Waals surface area contributed by atoms with E-state index in [1.54, 1.807) is 7.05 Å². The molecule has 2 amide bonds. The summed E-state index contributed by atoms with van der Waals surface area (Å²) in [5, 5.41) is 13.1. The lowest BCUT2D eigenvalue weighted by Gasteiger charge is -2.34. The fourth-order valence-electron chi connectivity index (χ4n) is 2.82. The number of carbonyl (C=O) groups is 1. The minimum absolute atomic E-state index is 0.198. The molecule has 1 fully saturated rings. The van der Waals surface area contributed by atoms with Gasteiger partial charge in [0.1, 0.15) is 0 Å². The molecule has 1 aliphatic rings. The summed E-state index contributed by atoms with van der Waals surface area (Å²) in [6.45, 7) is 8.97. The van der Waals surface area contributed by atoms with Crippen molar-refractivity contribution < 1.29 is 9.90 Å². The summed E-state index contributed by atoms with van der Waals surface area (Å²) in [5.74, 6) is 0. The zero-order chi connectivity index (χ0) is 17.7. The van der Waals surface area contributed by atoms with E-state index in [9.17, 15) is 9.90 Å². The fraction of sp³-hybridized carbons (Fsp3) is 0.611. The molecule has 0 aliphatic carbocycles. The van der Waals surface area contributed by atoms with E-state index < -0.39 is 6.10 Å². The molecular weight excluding hydrogens is 304 g/mol. The number of hydrogen-bond donors (Lipinski definition) is 2. The van der Waals surface area contributed by atoms with Crippen molar-refractivity contribution in [2.24, 2.45) is 0 Å². The molecular formula is C18H30N4O2. The minimum atomic E-state index is -0.538. The number of nitrogens with zero attached hydrogens (tertiary/aromatic N) is 3. The van der Waals surface area contributed by atoms with E-state index in [4.69, 9.17) is 0 Å². The maximum Gasteiger partial charge on any atom is 0.321 e. The van der Waals surface area contributed by atoms with Crippen LogP contribution in [0.5, 0.6) is 0 Å². The number of urea groups is 1. The highest BCUT2D eigenvalue weighted by molar-refractivity contribution is 5.89. The molecule has 6 nitrogen and oxygen atoms in total. The second kappa shape index (κ2) is 8.46. The molecule has 24 heavy (non-hydrogen) atoms. The van der Waals surface area contributed by atoms with Gasteiger partial charge < -0.3 is 20.2 Å². The van der Waals surface area contributed by atoms with Crippen molar-refractivity contribution in [3.05, 3.63) is 29.3 Å². The van der Waals surface area contributed by atoms with Crippen molar-refractivity contribution >= 4 is 11.7 Å². The first-order chi connectivity index (χ1) is 11.3. The molecule has 0 spiro atoms. The van der Waals surface area contributed by atoms with Gasteiger partial charge in [0.25, 0.3) is 0 Å². The average Bonchev–Trinajstić information content (AvgIpc) is 2.53. The Morgan fingerprint density at radius 3 is 2.54 bits per heavy atom. The summed E-state index contributed by atoms with van der Waals surface area (Å²) < 4.78 is 0. The highest BCUT2D eigenvalue weighted by atomic mass is 16.3. The smallest absolute Gasteiger partial charge is 0.321 e. The van der Waals surface area contributed by atoms with Gasteiger partial charge in [-0.2, -0.15) is 0 Å². The van der Waals surface area contributed by atoms with Crippen molar-refractivity contribution in [2.75, 3.05) is 58.7 Å². The molecule has 1 aromatic rings. The van der Waals surface area contributed by atoms with E-state index in [1.165, 1.54) is 10.5 Å². The van der Waals surface area contributed by atoms with Crippen molar-refractivity contribution in [3.63, 3.8) is 0 Å². The Balaban J connectivity index is 1.78. The quantitative estimate of drug-likeness (QED) is 0.854. The number of aryl methyl sites for hydroxylation is 2. The third-order valence-corrected chi connectivity index (χ3v) is 4.65. The normalized spacial score (nSPS) is 17.5. The summed E-state index contributed by atoms with van der Waals surface area (Å²) in [4.78, 5) is 18.3. The van der Waals surface area contributed by atoms with Gasteiger partial charge in [-0.05, 0) is 44.2 Å². The van der Waals surface area contributed by atoms with E-state index in [2.05, 4.69) is 22.2 Å². The third kappa shape index (κ3) is 5.47. The van der Waals surface area contributed by atoms with E-state index >= 15 is 0 Å². The van der Waals surface area contributed by atoms with Crippen LogP contribution in [0.1, 0.15) is 11.1 Å². The lowest BCUT2D eigenvalue weighted by atomic mass is 10.1. The Morgan fingerprint density at radius 2 is 1.92 bits per heavy atom. The van der Waals surface area contributed by atoms with Gasteiger partial charge in [0, 0.05) is 52.0 Å². The first-order valence-corrected chi connectivity index (χ1v) is 8.53. The summed E-state index contributed by atoms with van der Waals surface area (Å²) >= 11 is 0. The van der Waals surface area contributed by atoms with Crippen LogP contribution in [-0.2, 0) is 0 Å². The molecule has 1 aromatic carbocycles. The van der Waals surface area contributed by atoms with Crippen molar-refractivity contribution in [1.29, 1.82) is 0 Å². The molecule has 0 saturated carbocycles. The lowest BCUT2D eigenvalue weighted by molar-refractivity contribution is 0.0670. The number of rotatable bonds is 5. The number of β-amino-alcohol motifs (C(OH)–C–C–N with tert-alkyl or cyclic N) is 1. The van der Waals surface area contributed by atoms with Crippen LogP contribution in [0.25, 0.3) is 0 Å². The number of likely N-dealkylation sites (N-methyl/N-ethyl adjacent to an activating group) is 2. The van der Waals surface area contributed by atoms with Crippen LogP contribution >= 0.6 is 0 Å². The number of hydrogen-bond acceptors (Lipinski definition) is 4. The number of benzene rings is 1. The number of amides is 2. The number of aliphatic hydroxyl groups is 1. The summed E-state index contributed by atoms with van der Waals surface area (Å²) in [6.07, 6.45) is -0.538. The summed E-state index contributed by atoms with van der Waals surface area (Å²) in [7, 11) is 3.82. The van der Waals surface area contributed by atoms with Crippen LogP contribution in [0.15, 0.2) is 18.2 Å². The second-order valence-corrected chi connectivity index (χ2v) is 6.87. The van der Waals surface area contributed by atoms with Gasteiger partial charge in [-0.1, -0.05) is 6.07 Å². The van der Waals surface area contributed by atoms with E-state index in [1.807, 2.05) is 32.0 Å². The molecule has 1 heterocycles. The maximum absolute atomic E-state index is 12.3. The molecule has 0 unspecified atom stereocenters. The SMILES string of the molecule is Cc1ccc(NC(=O)N(C)C[C@@H](O)CN2CCN(C)CC2)cc1C. The van der Waals surface area contributed by atoms with Crippen LogP contribution in [0.3, 0.4) is 0 Å². The first kappa shape index (κ1) is 18.7. The Bertz CT molecular complexity index is 556. The van der Waals surface area contributed by atoms with Gasteiger partial charge in [-0.15, -0.1) is 0 Å². The van der Waals surface area contributed by atoms with Crippen LogP contribution in [0.4, 0.5) is 10.5 Å².